The zero-order valence-electron chi connectivity index (χ0n) is 23.8. The number of carbonyl (C=O) groups is 2. The molecule has 234 valence electrons. The summed E-state index contributed by atoms with van der Waals surface area (Å²) in [5, 5.41) is 11.1. The summed E-state index contributed by atoms with van der Waals surface area (Å²) in [5.74, 6) is -1.87. The van der Waals surface area contributed by atoms with E-state index in [9.17, 15) is 27.9 Å². The fourth-order valence-electron chi connectivity index (χ4n) is 5.33. The van der Waals surface area contributed by atoms with Crippen molar-refractivity contribution in [3.05, 3.63) is 39.8 Å². The Bertz CT molecular complexity index is 1170. The molecule has 2 heterocycles. The fraction of sp³-hybridized carbons (Fsp3) is 0.643. The highest BCUT2D eigenvalue weighted by atomic mass is 35.5. The van der Waals surface area contributed by atoms with E-state index in [1.165, 1.54) is 12.4 Å². The molecule has 2 fully saturated rings. The lowest BCUT2D eigenvalue weighted by Gasteiger charge is -2.31. The summed E-state index contributed by atoms with van der Waals surface area (Å²) in [7, 11) is 0. The van der Waals surface area contributed by atoms with Crippen LogP contribution in [-0.2, 0) is 19.1 Å². The number of rotatable bonds is 10. The summed E-state index contributed by atoms with van der Waals surface area (Å²) in [4.78, 5) is 34.7. The molecule has 1 unspecified atom stereocenters. The quantitative estimate of drug-likeness (QED) is 0.206. The molecule has 0 bridgehead atoms. The Morgan fingerprint density at radius 2 is 1.86 bits per heavy atom. The number of alkyl halides is 3. The van der Waals surface area contributed by atoms with Gasteiger partial charge in [0.1, 0.15) is 0 Å². The summed E-state index contributed by atoms with van der Waals surface area (Å²) in [6.45, 7) is 5.09. The Morgan fingerprint density at radius 3 is 2.36 bits per heavy atom. The van der Waals surface area contributed by atoms with E-state index in [1.54, 1.807) is 6.92 Å². The van der Waals surface area contributed by atoms with Gasteiger partial charge in [-0.3, -0.25) is 19.6 Å². The van der Waals surface area contributed by atoms with E-state index < -0.39 is 59.7 Å². The predicted octanol–water partition coefficient (Wildman–Crippen LogP) is 5.18. The molecule has 1 aliphatic carbocycles. The number of hydrogen-bond donors (Lipinski definition) is 2. The predicted molar refractivity (Wildman–Crippen MR) is 152 cm³/mol. The van der Waals surface area contributed by atoms with Crippen LogP contribution in [0.2, 0.25) is 10.0 Å². The van der Waals surface area contributed by atoms with Gasteiger partial charge in [0.2, 0.25) is 0 Å². The maximum atomic E-state index is 14.4. The van der Waals surface area contributed by atoms with Crippen LogP contribution in [0.25, 0.3) is 0 Å². The zero-order valence-corrected chi connectivity index (χ0v) is 25.3. The molecule has 1 saturated carbocycles. The van der Waals surface area contributed by atoms with Gasteiger partial charge in [-0.15, -0.1) is 0 Å². The molecule has 1 aromatic rings. The van der Waals surface area contributed by atoms with Crippen LogP contribution in [0, 0.1) is 5.92 Å². The summed E-state index contributed by atoms with van der Waals surface area (Å²) in [5.41, 5.74) is 2.99. The van der Waals surface area contributed by atoms with Crippen LogP contribution in [-0.4, -0.2) is 76.2 Å². The first-order chi connectivity index (χ1) is 19.7. The monoisotopic (exact) mass is 636 g/mol. The normalized spacial score (nSPS) is 23.9. The second kappa shape index (κ2) is 14.4. The van der Waals surface area contributed by atoms with E-state index in [0.717, 1.165) is 4.90 Å². The maximum absolute atomic E-state index is 14.4. The zero-order chi connectivity index (χ0) is 31.2. The van der Waals surface area contributed by atoms with Crippen molar-refractivity contribution >= 4 is 40.8 Å². The Kier molecular flexibility index (Phi) is 11.7. The fourth-order valence-corrected chi connectivity index (χ4v) is 5.95. The molecule has 9 nitrogen and oxygen atoms in total. The van der Waals surface area contributed by atoms with Crippen LogP contribution < -0.4 is 5.73 Å². The third-order valence-electron chi connectivity index (χ3n) is 7.43. The number of halogens is 5. The van der Waals surface area contributed by atoms with Crippen molar-refractivity contribution < 1.29 is 37.3 Å². The van der Waals surface area contributed by atoms with Gasteiger partial charge in [-0.2, -0.15) is 13.2 Å². The topological polar surface area (TPSA) is 127 Å². The number of aliphatic hydroxyl groups excluding tert-OH is 1. The summed E-state index contributed by atoms with van der Waals surface area (Å²) >= 11 is 12.4. The highest BCUT2D eigenvalue weighted by Gasteiger charge is 2.43. The molecule has 0 spiro atoms. The van der Waals surface area contributed by atoms with E-state index in [2.05, 4.69) is 9.98 Å². The molecule has 1 aromatic heterocycles. The van der Waals surface area contributed by atoms with Gasteiger partial charge < -0.3 is 25.2 Å². The number of amides is 1. The van der Waals surface area contributed by atoms with Crippen molar-refractivity contribution in [1.29, 1.82) is 0 Å². The van der Waals surface area contributed by atoms with Gasteiger partial charge in [-0.25, -0.2) is 0 Å². The van der Waals surface area contributed by atoms with Crippen LogP contribution in [0.15, 0.2) is 29.2 Å². The molecule has 2 aliphatic rings. The first-order valence-electron chi connectivity index (χ1n) is 13.8. The van der Waals surface area contributed by atoms with E-state index in [1.807, 2.05) is 13.8 Å². The van der Waals surface area contributed by atoms with Gasteiger partial charge in [-0.05, 0) is 59.3 Å². The van der Waals surface area contributed by atoms with Crippen LogP contribution in [0.4, 0.5) is 13.2 Å². The number of nitrogens with two attached hydrogens (primary N) is 1. The molecule has 42 heavy (non-hydrogen) atoms. The Morgan fingerprint density at radius 1 is 1.24 bits per heavy atom. The van der Waals surface area contributed by atoms with E-state index >= 15 is 0 Å². The third kappa shape index (κ3) is 8.81. The molecule has 2 atom stereocenters. The van der Waals surface area contributed by atoms with Gasteiger partial charge in [0.05, 0.1) is 58.5 Å². The van der Waals surface area contributed by atoms with E-state index in [4.69, 9.17) is 38.4 Å². The largest absolute Gasteiger partial charge is 0.466 e. The number of carbonyl (C=O) groups excluding carboxylic acids is 2. The van der Waals surface area contributed by atoms with Crippen molar-refractivity contribution in [3.63, 3.8) is 0 Å². The second-order valence-electron chi connectivity index (χ2n) is 11.1. The molecule has 1 amide bonds. The van der Waals surface area contributed by atoms with Crippen LogP contribution >= 0.6 is 23.2 Å². The molecule has 14 heteroatoms. The molecule has 1 saturated heterocycles. The first-order valence-corrected chi connectivity index (χ1v) is 14.6. The Hall–Kier alpha value is -2.41. The number of nitrogens with zero attached hydrogens (tertiary/aromatic N) is 3. The highest BCUT2D eigenvalue weighted by Crippen LogP contribution is 2.34. The van der Waals surface area contributed by atoms with Gasteiger partial charge in [-0.1, -0.05) is 23.2 Å². The van der Waals surface area contributed by atoms with Crippen molar-refractivity contribution in [1.82, 2.24) is 9.88 Å². The minimum atomic E-state index is -5.01. The van der Waals surface area contributed by atoms with Gasteiger partial charge in [0.15, 0.2) is 5.71 Å². The highest BCUT2D eigenvalue weighted by molar-refractivity contribution is 6.35. The van der Waals surface area contributed by atoms with E-state index in [-0.39, 0.29) is 47.6 Å². The molecular formula is C28H37Cl2F3N4O5. The van der Waals surface area contributed by atoms with Gasteiger partial charge >= 0.3 is 12.1 Å². The van der Waals surface area contributed by atoms with Crippen LogP contribution in [0.1, 0.15) is 71.0 Å². The lowest BCUT2D eigenvalue weighted by atomic mass is 9.86. The van der Waals surface area contributed by atoms with Gasteiger partial charge in [0, 0.05) is 30.7 Å². The third-order valence-corrected chi connectivity index (χ3v) is 8.03. The standard InChI is InChI=1S/C28H37Cl2F3N4O5/c1-4-41-26(40)16-5-7-17(8-6-16)36-24(28(31,32)33)19(11-34)25(39)37(14-18-9-10-27(2,3)42-18)15-22(38)23-20(29)12-35-13-21(23)30/h11-13,16-18,22,38H,4-10,14-15,34H2,1-3H3/t16?,17?,18-,22?/m0/s1. The van der Waals surface area contributed by atoms with E-state index in [0.29, 0.717) is 31.9 Å². The van der Waals surface area contributed by atoms with Crippen molar-refractivity contribution in [3.8, 4) is 0 Å². The Balaban J connectivity index is 1.90. The molecule has 0 radical (unpaired) electrons. The summed E-state index contributed by atoms with van der Waals surface area (Å²) in [6.07, 6.45) is -1.57. The number of aliphatic hydroxyl groups is 1. The summed E-state index contributed by atoms with van der Waals surface area (Å²) < 4.78 is 54.2. The molecule has 0 aromatic carbocycles. The lowest BCUT2D eigenvalue weighted by molar-refractivity contribution is -0.149. The molecule has 3 N–H and O–H groups in total. The summed E-state index contributed by atoms with van der Waals surface area (Å²) in [6, 6.07) is -0.775. The van der Waals surface area contributed by atoms with Crippen LogP contribution in [0.5, 0.6) is 0 Å². The second-order valence-corrected chi connectivity index (χ2v) is 11.9. The number of pyridine rings is 1. The smallest absolute Gasteiger partial charge is 0.433 e. The lowest BCUT2D eigenvalue weighted by Crippen LogP contribution is -2.44. The number of ether oxygens (including phenoxy) is 2. The average molecular weight is 638 g/mol. The number of esters is 1. The SMILES string of the molecule is CCOC(=O)C1CCC(N=C(C(=CN)C(=O)N(CC(O)c2c(Cl)cncc2Cl)C[C@@H]2CCC(C)(C)O2)C(F)(F)F)CC1. The minimum absolute atomic E-state index is 0.0335. The number of aromatic nitrogens is 1. The first kappa shape index (κ1) is 34.1. The minimum Gasteiger partial charge on any atom is -0.466 e. The number of hydrogen-bond acceptors (Lipinski definition) is 8. The molecular weight excluding hydrogens is 600 g/mol. The molecule has 3 rings (SSSR count). The van der Waals surface area contributed by atoms with Gasteiger partial charge in [0.25, 0.3) is 5.91 Å². The van der Waals surface area contributed by atoms with Crippen LogP contribution in [0.3, 0.4) is 0 Å². The average Bonchev–Trinajstić information content (AvgIpc) is 3.25. The number of aliphatic imine (C=N–C) groups is 1. The maximum Gasteiger partial charge on any atom is 0.433 e. The Labute approximate surface area is 253 Å². The van der Waals surface area contributed by atoms with Crippen molar-refractivity contribution in [2.45, 2.75) is 89.3 Å². The molecule has 1 aliphatic heterocycles. The van der Waals surface area contributed by atoms with Crippen molar-refractivity contribution in [2.24, 2.45) is 16.6 Å². The van der Waals surface area contributed by atoms with Crippen molar-refractivity contribution in [2.75, 3.05) is 19.7 Å².